The molecule has 1 aromatic heterocycles. The van der Waals surface area contributed by atoms with Crippen molar-refractivity contribution in [2.75, 3.05) is 12.3 Å². The number of hydrogen-bond donors (Lipinski definition) is 1. The summed E-state index contributed by atoms with van der Waals surface area (Å²) in [4.78, 5) is 4.51. The Morgan fingerprint density at radius 1 is 1.32 bits per heavy atom. The zero-order valence-corrected chi connectivity index (χ0v) is 11.5. The molecule has 0 bridgehead atoms. The van der Waals surface area contributed by atoms with Crippen molar-refractivity contribution in [1.82, 2.24) is 10.1 Å². The summed E-state index contributed by atoms with van der Waals surface area (Å²) >= 11 is 1.91. The van der Waals surface area contributed by atoms with Crippen LogP contribution in [0.4, 0.5) is 0 Å². The van der Waals surface area contributed by atoms with Crippen LogP contribution < -0.4 is 5.73 Å². The molecule has 5 heteroatoms. The molecule has 2 N–H and O–H groups in total. The fraction of sp³-hybridized carbons (Fsp3) is 0.429. The first-order chi connectivity index (χ1) is 9.36. The number of thioether (sulfide) groups is 1. The monoisotopic (exact) mass is 275 g/mol. The van der Waals surface area contributed by atoms with Crippen LogP contribution in [0.5, 0.6) is 0 Å². The van der Waals surface area contributed by atoms with E-state index in [2.05, 4.69) is 22.3 Å². The highest BCUT2D eigenvalue weighted by Gasteiger charge is 2.23. The van der Waals surface area contributed by atoms with Gasteiger partial charge in [-0.2, -0.15) is 16.7 Å². The van der Waals surface area contributed by atoms with Crippen LogP contribution in [0.3, 0.4) is 0 Å². The Morgan fingerprint density at radius 2 is 2.16 bits per heavy atom. The van der Waals surface area contributed by atoms with Gasteiger partial charge >= 0.3 is 0 Å². The molecule has 0 amide bonds. The van der Waals surface area contributed by atoms with Gasteiger partial charge in [-0.15, -0.1) is 0 Å². The van der Waals surface area contributed by atoms with Gasteiger partial charge in [-0.3, -0.25) is 0 Å². The van der Waals surface area contributed by atoms with Crippen LogP contribution in [0.2, 0.25) is 0 Å². The molecule has 0 aliphatic carbocycles. The molecule has 100 valence electrons. The van der Waals surface area contributed by atoms with Gasteiger partial charge < -0.3 is 10.3 Å². The van der Waals surface area contributed by atoms with Crippen molar-refractivity contribution >= 4 is 11.8 Å². The van der Waals surface area contributed by atoms with Crippen molar-refractivity contribution < 1.29 is 4.52 Å². The van der Waals surface area contributed by atoms with Crippen LogP contribution in [0.15, 0.2) is 28.8 Å². The second-order valence-corrected chi connectivity index (χ2v) is 6.01. The standard InChI is InChI=1S/C14H17N3OS/c15-8-7-10-3-5-11(6-4-10)14-16-13(17-18-14)12-2-1-9-19-12/h3-6,12H,1-2,7-9,15H2. The molecule has 2 heterocycles. The lowest BCUT2D eigenvalue weighted by atomic mass is 10.1. The van der Waals surface area contributed by atoms with E-state index in [0.717, 1.165) is 24.2 Å². The lowest BCUT2D eigenvalue weighted by Gasteiger charge is -2.00. The molecular formula is C14H17N3OS. The summed E-state index contributed by atoms with van der Waals surface area (Å²) in [7, 11) is 0. The van der Waals surface area contributed by atoms with Gasteiger partial charge in [0.15, 0.2) is 5.82 Å². The summed E-state index contributed by atoms with van der Waals surface area (Å²) in [6.07, 6.45) is 3.29. The molecule has 1 atom stereocenters. The van der Waals surface area contributed by atoms with Crippen molar-refractivity contribution in [1.29, 1.82) is 0 Å². The van der Waals surface area contributed by atoms with Crippen molar-refractivity contribution in [2.24, 2.45) is 5.73 Å². The van der Waals surface area contributed by atoms with E-state index in [4.69, 9.17) is 10.3 Å². The molecule has 1 fully saturated rings. The quantitative estimate of drug-likeness (QED) is 0.929. The molecular weight excluding hydrogens is 258 g/mol. The van der Waals surface area contributed by atoms with Crippen LogP contribution >= 0.6 is 11.8 Å². The molecule has 0 radical (unpaired) electrons. The van der Waals surface area contributed by atoms with Crippen LogP contribution in [0, 0.1) is 0 Å². The third-order valence-electron chi connectivity index (χ3n) is 3.29. The number of aromatic nitrogens is 2. The van der Waals surface area contributed by atoms with Gasteiger partial charge in [0.2, 0.25) is 0 Å². The van der Waals surface area contributed by atoms with Gasteiger partial charge in [0.05, 0.1) is 5.25 Å². The minimum Gasteiger partial charge on any atom is -0.334 e. The highest BCUT2D eigenvalue weighted by Crippen LogP contribution is 2.38. The molecule has 0 saturated carbocycles. The third-order valence-corrected chi connectivity index (χ3v) is 4.67. The number of benzene rings is 1. The van der Waals surface area contributed by atoms with Gasteiger partial charge in [-0.05, 0) is 49.3 Å². The zero-order chi connectivity index (χ0) is 13.1. The Balaban J connectivity index is 1.77. The minimum absolute atomic E-state index is 0.411. The lowest BCUT2D eigenvalue weighted by Crippen LogP contribution is -2.02. The first-order valence-electron chi connectivity index (χ1n) is 6.61. The van der Waals surface area contributed by atoms with E-state index in [0.29, 0.717) is 17.7 Å². The number of rotatable bonds is 4. The van der Waals surface area contributed by atoms with Crippen LogP contribution in [0.1, 0.15) is 29.5 Å². The predicted molar refractivity (Wildman–Crippen MR) is 76.9 cm³/mol. The highest BCUT2D eigenvalue weighted by atomic mass is 32.2. The Labute approximate surface area is 116 Å². The maximum absolute atomic E-state index is 5.54. The average Bonchev–Trinajstić information content (AvgIpc) is 3.11. The maximum atomic E-state index is 5.54. The van der Waals surface area contributed by atoms with E-state index in [9.17, 15) is 0 Å². The average molecular weight is 275 g/mol. The Morgan fingerprint density at radius 3 is 2.84 bits per heavy atom. The second kappa shape index (κ2) is 5.75. The summed E-state index contributed by atoms with van der Waals surface area (Å²) in [5.74, 6) is 2.65. The fourth-order valence-electron chi connectivity index (χ4n) is 2.24. The predicted octanol–water partition coefficient (Wildman–Crippen LogP) is 2.81. The molecule has 1 aliphatic rings. The van der Waals surface area contributed by atoms with Gasteiger partial charge in [-0.1, -0.05) is 17.3 Å². The summed E-state index contributed by atoms with van der Waals surface area (Å²) < 4.78 is 5.36. The molecule has 2 aromatic rings. The molecule has 0 spiro atoms. The molecule has 3 rings (SSSR count). The van der Waals surface area contributed by atoms with E-state index in [-0.39, 0.29) is 0 Å². The van der Waals surface area contributed by atoms with Crippen molar-refractivity contribution in [3.05, 3.63) is 35.7 Å². The topological polar surface area (TPSA) is 64.9 Å². The SMILES string of the molecule is NCCc1ccc(-c2nc(C3CCCS3)no2)cc1. The van der Waals surface area contributed by atoms with E-state index in [1.54, 1.807) is 0 Å². The Kier molecular flexibility index (Phi) is 3.84. The van der Waals surface area contributed by atoms with Gasteiger partial charge in [0.1, 0.15) is 0 Å². The fourth-order valence-corrected chi connectivity index (χ4v) is 3.44. The smallest absolute Gasteiger partial charge is 0.257 e. The molecule has 19 heavy (non-hydrogen) atoms. The third kappa shape index (κ3) is 2.82. The van der Waals surface area contributed by atoms with Crippen molar-refractivity contribution in [3.63, 3.8) is 0 Å². The summed E-state index contributed by atoms with van der Waals surface area (Å²) in [5.41, 5.74) is 7.75. The number of nitrogens with zero attached hydrogens (tertiary/aromatic N) is 2. The highest BCUT2D eigenvalue weighted by molar-refractivity contribution is 7.99. The summed E-state index contributed by atoms with van der Waals surface area (Å²) in [6.45, 7) is 0.670. The second-order valence-electron chi connectivity index (χ2n) is 4.69. The van der Waals surface area contributed by atoms with E-state index < -0.39 is 0 Å². The van der Waals surface area contributed by atoms with Crippen LogP contribution in [-0.4, -0.2) is 22.4 Å². The molecule has 1 aromatic carbocycles. The maximum Gasteiger partial charge on any atom is 0.257 e. The first-order valence-corrected chi connectivity index (χ1v) is 7.66. The van der Waals surface area contributed by atoms with Crippen LogP contribution in [-0.2, 0) is 6.42 Å². The number of hydrogen-bond acceptors (Lipinski definition) is 5. The minimum atomic E-state index is 0.411. The van der Waals surface area contributed by atoms with Gasteiger partial charge in [0.25, 0.3) is 5.89 Å². The Bertz CT molecular complexity index is 532. The molecule has 1 aliphatic heterocycles. The summed E-state index contributed by atoms with van der Waals surface area (Å²) in [5, 5.41) is 4.52. The normalized spacial score (nSPS) is 18.9. The van der Waals surface area contributed by atoms with E-state index in [1.807, 2.05) is 23.9 Å². The van der Waals surface area contributed by atoms with E-state index >= 15 is 0 Å². The van der Waals surface area contributed by atoms with Crippen molar-refractivity contribution in [2.45, 2.75) is 24.5 Å². The van der Waals surface area contributed by atoms with E-state index in [1.165, 1.54) is 17.7 Å². The molecule has 1 saturated heterocycles. The summed E-state index contributed by atoms with van der Waals surface area (Å²) in [6, 6.07) is 8.17. The molecule has 4 nitrogen and oxygen atoms in total. The number of nitrogens with two attached hydrogens (primary N) is 1. The zero-order valence-electron chi connectivity index (χ0n) is 10.7. The first kappa shape index (κ1) is 12.7. The van der Waals surface area contributed by atoms with Gasteiger partial charge in [-0.25, -0.2) is 0 Å². The van der Waals surface area contributed by atoms with Crippen molar-refractivity contribution in [3.8, 4) is 11.5 Å². The van der Waals surface area contributed by atoms with Gasteiger partial charge in [0, 0.05) is 5.56 Å². The molecule has 1 unspecified atom stereocenters. The lowest BCUT2D eigenvalue weighted by molar-refractivity contribution is 0.421. The Hall–Kier alpha value is -1.33. The van der Waals surface area contributed by atoms with Crippen LogP contribution in [0.25, 0.3) is 11.5 Å². The largest absolute Gasteiger partial charge is 0.334 e.